The number of morpholine rings is 1. The van der Waals surface area contributed by atoms with Crippen LogP contribution in [0.25, 0.3) is 11.4 Å². The molecule has 1 unspecified atom stereocenters. The Balaban J connectivity index is 1.55. The summed E-state index contributed by atoms with van der Waals surface area (Å²) in [7, 11) is 0. The number of pyridine rings is 1. The van der Waals surface area contributed by atoms with Crippen LogP contribution in [0.4, 0.5) is 5.82 Å². The van der Waals surface area contributed by atoms with Crippen molar-refractivity contribution in [2.75, 3.05) is 24.6 Å². The lowest BCUT2D eigenvalue weighted by Crippen LogP contribution is -2.38. The van der Waals surface area contributed by atoms with E-state index in [1.165, 1.54) is 6.07 Å². The van der Waals surface area contributed by atoms with Crippen LogP contribution >= 0.6 is 15.9 Å². The fourth-order valence-electron chi connectivity index (χ4n) is 3.32. The van der Waals surface area contributed by atoms with Gasteiger partial charge in [0.05, 0.1) is 6.61 Å². The summed E-state index contributed by atoms with van der Waals surface area (Å²) >= 11 is 3.61. The maximum absolute atomic E-state index is 11.8. The Morgan fingerprint density at radius 1 is 1.29 bits per heavy atom. The second-order valence-electron chi connectivity index (χ2n) is 6.67. The molecule has 1 saturated heterocycles. The highest BCUT2D eigenvalue weighted by molar-refractivity contribution is 9.10. The number of H-pyrrole nitrogens is 1. The van der Waals surface area contributed by atoms with E-state index in [-0.39, 0.29) is 11.7 Å². The molecule has 1 aromatic carbocycles. The first kappa shape index (κ1) is 18.8. The maximum Gasteiger partial charge on any atom is 0.251 e. The third-order valence-corrected chi connectivity index (χ3v) is 5.54. The highest BCUT2D eigenvalue weighted by Crippen LogP contribution is 2.30. The minimum Gasteiger partial charge on any atom is -0.370 e. The van der Waals surface area contributed by atoms with Gasteiger partial charge in [0.15, 0.2) is 0 Å². The van der Waals surface area contributed by atoms with Gasteiger partial charge in [0.25, 0.3) is 5.56 Å². The molecule has 7 heteroatoms. The number of halogens is 1. The summed E-state index contributed by atoms with van der Waals surface area (Å²) in [5.41, 5.74) is 2.57. The van der Waals surface area contributed by atoms with Crippen molar-refractivity contribution < 1.29 is 4.74 Å². The van der Waals surface area contributed by atoms with E-state index >= 15 is 0 Å². The van der Waals surface area contributed by atoms with Gasteiger partial charge in [-0.25, -0.2) is 9.97 Å². The molecule has 0 saturated carbocycles. The van der Waals surface area contributed by atoms with E-state index < -0.39 is 0 Å². The summed E-state index contributed by atoms with van der Waals surface area (Å²) in [6, 6.07) is 13.6. The number of ether oxygens (including phenoxy) is 1. The topological polar surface area (TPSA) is 71.1 Å². The molecule has 1 N–H and O–H groups in total. The zero-order valence-corrected chi connectivity index (χ0v) is 17.1. The number of aromatic nitrogens is 3. The SMILES string of the molecule is CCc1cc(=O)[nH]c(-c2ccc(N3CCOC(c4ccccc4Br)C3)nc2)n1. The van der Waals surface area contributed by atoms with Crippen molar-refractivity contribution in [3.05, 3.63) is 74.7 Å². The molecule has 0 bridgehead atoms. The monoisotopic (exact) mass is 440 g/mol. The molecular weight excluding hydrogens is 420 g/mol. The average molecular weight is 441 g/mol. The Morgan fingerprint density at radius 2 is 2.14 bits per heavy atom. The van der Waals surface area contributed by atoms with Crippen molar-refractivity contribution in [1.29, 1.82) is 0 Å². The summed E-state index contributed by atoms with van der Waals surface area (Å²) in [5.74, 6) is 1.44. The standard InChI is InChI=1S/C21H21BrN4O2/c1-2-15-11-20(27)25-21(24-15)14-7-8-19(23-12-14)26-9-10-28-18(13-26)16-5-3-4-6-17(16)22/h3-8,11-12,18H,2,9-10,13H2,1H3,(H,24,25,27). The van der Waals surface area contributed by atoms with Crippen molar-refractivity contribution in [3.63, 3.8) is 0 Å². The zero-order valence-electron chi connectivity index (χ0n) is 15.6. The molecular formula is C21H21BrN4O2. The van der Waals surface area contributed by atoms with Crippen molar-refractivity contribution in [1.82, 2.24) is 15.0 Å². The molecule has 0 amide bonds. The Bertz CT molecular complexity index is 1020. The second-order valence-corrected chi connectivity index (χ2v) is 7.53. The third kappa shape index (κ3) is 4.00. The van der Waals surface area contributed by atoms with Crippen molar-refractivity contribution >= 4 is 21.7 Å². The van der Waals surface area contributed by atoms with E-state index in [1.54, 1.807) is 6.20 Å². The fraction of sp³-hybridized carbons (Fsp3) is 0.286. The molecule has 3 aromatic rings. The minimum atomic E-state index is -0.143. The van der Waals surface area contributed by atoms with E-state index in [0.29, 0.717) is 18.9 Å². The number of nitrogens with one attached hydrogen (secondary N) is 1. The van der Waals surface area contributed by atoms with Gasteiger partial charge in [-0.2, -0.15) is 0 Å². The molecule has 0 spiro atoms. The van der Waals surface area contributed by atoms with Gasteiger partial charge < -0.3 is 14.6 Å². The molecule has 3 heterocycles. The molecule has 0 radical (unpaired) electrons. The quantitative estimate of drug-likeness (QED) is 0.668. The molecule has 2 aromatic heterocycles. The first-order chi connectivity index (χ1) is 13.6. The van der Waals surface area contributed by atoms with Gasteiger partial charge in [-0.05, 0) is 30.2 Å². The first-order valence-corrected chi connectivity index (χ1v) is 10.1. The van der Waals surface area contributed by atoms with Gasteiger partial charge in [0, 0.05) is 41.1 Å². The largest absolute Gasteiger partial charge is 0.370 e. The van der Waals surface area contributed by atoms with Crippen molar-refractivity contribution in [2.24, 2.45) is 0 Å². The number of aromatic amines is 1. The molecule has 0 aliphatic carbocycles. The number of hydrogen-bond donors (Lipinski definition) is 1. The lowest BCUT2D eigenvalue weighted by atomic mass is 10.1. The maximum atomic E-state index is 11.8. The Kier molecular flexibility index (Phi) is 5.54. The molecule has 1 aliphatic rings. The van der Waals surface area contributed by atoms with Crippen molar-refractivity contribution in [3.8, 4) is 11.4 Å². The van der Waals surface area contributed by atoms with Crippen LogP contribution in [-0.2, 0) is 11.2 Å². The van der Waals surface area contributed by atoms with Gasteiger partial charge in [-0.3, -0.25) is 4.79 Å². The molecule has 1 atom stereocenters. The number of anilines is 1. The van der Waals surface area contributed by atoms with E-state index in [0.717, 1.165) is 40.2 Å². The summed E-state index contributed by atoms with van der Waals surface area (Å²) < 4.78 is 7.03. The van der Waals surface area contributed by atoms with Crippen LogP contribution in [0.3, 0.4) is 0 Å². The van der Waals surface area contributed by atoms with Gasteiger partial charge in [-0.1, -0.05) is 41.1 Å². The van der Waals surface area contributed by atoms with Gasteiger partial charge in [0.2, 0.25) is 0 Å². The smallest absolute Gasteiger partial charge is 0.251 e. The van der Waals surface area contributed by atoms with E-state index in [4.69, 9.17) is 4.74 Å². The van der Waals surface area contributed by atoms with Crippen LogP contribution in [0.1, 0.15) is 24.3 Å². The summed E-state index contributed by atoms with van der Waals surface area (Å²) in [4.78, 5) is 25.9. The molecule has 1 aliphatic heterocycles. The van der Waals surface area contributed by atoms with Gasteiger partial charge >= 0.3 is 0 Å². The van der Waals surface area contributed by atoms with Crippen molar-refractivity contribution in [2.45, 2.75) is 19.4 Å². The Morgan fingerprint density at radius 3 is 2.89 bits per heavy atom. The molecule has 144 valence electrons. The lowest BCUT2D eigenvalue weighted by Gasteiger charge is -2.34. The number of rotatable bonds is 4. The minimum absolute atomic E-state index is 0.00920. The fourth-order valence-corrected chi connectivity index (χ4v) is 3.86. The third-order valence-electron chi connectivity index (χ3n) is 4.82. The zero-order chi connectivity index (χ0) is 19.5. The predicted octanol–water partition coefficient (Wildman–Crippen LogP) is 3.73. The van der Waals surface area contributed by atoms with Crippen LogP contribution in [0, 0.1) is 0 Å². The number of benzene rings is 1. The number of aryl methyl sites for hydroxylation is 1. The summed E-state index contributed by atoms with van der Waals surface area (Å²) in [6.45, 7) is 4.14. The van der Waals surface area contributed by atoms with Gasteiger partial charge in [-0.15, -0.1) is 0 Å². The summed E-state index contributed by atoms with van der Waals surface area (Å²) in [6.07, 6.45) is 2.47. The van der Waals surface area contributed by atoms with Crippen LogP contribution in [0.2, 0.25) is 0 Å². The normalized spacial score (nSPS) is 16.9. The molecule has 6 nitrogen and oxygen atoms in total. The Labute approximate surface area is 171 Å². The van der Waals surface area contributed by atoms with Crippen LogP contribution in [0.15, 0.2) is 57.9 Å². The molecule has 1 fully saturated rings. The van der Waals surface area contributed by atoms with E-state index in [9.17, 15) is 4.79 Å². The van der Waals surface area contributed by atoms with E-state index in [1.807, 2.05) is 37.3 Å². The lowest BCUT2D eigenvalue weighted by molar-refractivity contribution is 0.0391. The Hall–Kier alpha value is -2.51. The van der Waals surface area contributed by atoms with Crippen LogP contribution < -0.4 is 10.5 Å². The average Bonchev–Trinajstić information content (AvgIpc) is 2.74. The second kappa shape index (κ2) is 8.24. The molecule has 28 heavy (non-hydrogen) atoms. The van der Waals surface area contributed by atoms with Crippen LogP contribution in [0.5, 0.6) is 0 Å². The highest BCUT2D eigenvalue weighted by atomic mass is 79.9. The van der Waals surface area contributed by atoms with E-state index in [2.05, 4.69) is 41.8 Å². The highest BCUT2D eigenvalue weighted by Gasteiger charge is 2.24. The molecule has 4 rings (SSSR count). The van der Waals surface area contributed by atoms with Gasteiger partial charge in [0.1, 0.15) is 17.7 Å². The first-order valence-electron chi connectivity index (χ1n) is 9.31. The van der Waals surface area contributed by atoms with Crippen LogP contribution in [-0.4, -0.2) is 34.6 Å². The number of nitrogens with zero attached hydrogens (tertiary/aromatic N) is 3. The number of hydrogen-bond acceptors (Lipinski definition) is 5. The summed E-state index contributed by atoms with van der Waals surface area (Å²) in [5, 5.41) is 0. The predicted molar refractivity (Wildman–Crippen MR) is 113 cm³/mol.